The molecule has 5 nitrogen and oxygen atoms in total. The van der Waals surface area contributed by atoms with Crippen LogP contribution in [0, 0.1) is 0 Å². The van der Waals surface area contributed by atoms with Crippen LogP contribution in [0.15, 0.2) is 41.1 Å². The molecule has 0 saturated heterocycles. The first-order valence-electron chi connectivity index (χ1n) is 8.24. The Hall–Kier alpha value is -2.43. The summed E-state index contributed by atoms with van der Waals surface area (Å²) in [6, 6.07) is 10.2. The lowest BCUT2D eigenvalue weighted by molar-refractivity contribution is 0.314. The van der Waals surface area contributed by atoms with E-state index < -0.39 is 0 Å². The standard InChI is InChI=1S/C18H20N4O/c1-22-16(10-11-19-22)14-8-5-9-15(12-14)17-20-18(23-21-17)13-6-3-2-4-7-13/h5,8-13H,2-4,6-7H2,1H3. The van der Waals surface area contributed by atoms with Gasteiger partial charge in [-0.15, -0.1) is 0 Å². The summed E-state index contributed by atoms with van der Waals surface area (Å²) in [5, 5.41) is 8.43. The summed E-state index contributed by atoms with van der Waals surface area (Å²) in [5.41, 5.74) is 3.16. The van der Waals surface area contributed by atoms with Crippen LogP contribution in [0.3, 0.4) is 0 Å². The second-order valence-electron chi connectivity index (χ2n) is 6.21. The van der Waals surface area contributed by atoms with Crippen LogP contribution in [0.5, 0.6) is 0 Å². The van der Waals surface area contributed by atoms with Crippen molar-refractivity contribution in [1.82, 2.24) is 19.9 Å². The van der Waals surface area contributed by atoms with Gasteiger partial charge in [0.05, 0.1) is 5.69 Å². The highest BCUT2D eigenvalue weighted by molar-refractivity contribution is 5.67. The molecule has 0 N–H and O–H groups in total. The average molecular weight is 308 g/mol. The number of aromatic nitrogens is 4. The molecular formula is C18H20N4O. The van der Waals surface area contributed by atoms with Crippen LogP contribution in [-0.4, -0.2) is 19.9 Å². The molecule has 1 aliphatic rings. The first kappa shape index (κ1) is 14.2. The van der Waals surface area contributed by atoms with Crippen LogP contribution in [-0.2, 0) is 7.05 Å². The molecule has 1 aromatic carbocycles. The molecule has 4 rings (SSSR count). The first-order chi connectivity index (χ1) is 11.3. The van der Waals surface area contributed by atoms with Gasteiger partial charge in [-0.25, -0.2) is 0 Å². The fourth-order valence-corrected chi connectivity index (χ4v) is 3.34. The minimum Gasteiger partial charge on any atom is -0.339 e. The quantitative estimate of drug-likeness (QED) is 0.728. The van der Waals surface area contributed by atoms with Gasteiger partial charge in [-0.1, -0.05) is 42.6 Å². The van der Waals surface area contributed by atoms with E-state index in [1.165, 1.54) is 19.3 Å². The zero-order valence-electron chi connectivity index (χ0n) is 13.3. The van der Waals surface area contributed by atoms with E-state index in [1.54, 1.807) is 6.20 Å². The van der Waals surface area contributed by atoms with Gasteiger partial charge in [0.1, 0.15) is 0 Å². The highest BCUT2D eigenvalue weighted by atomic mass is 16.5. The van der Waals surface area contributed by atoms with Crippen molar-refractivity contribution in [1.29, 1.82) is 0 Å². The monoisotopic (exact) mass is 308 g/mol. The van der Waals surface area contributed by atoms with E-state index in [1.807, 2.05) is 29.9 Å². The molecule has 1 saturated carbocycles. The smallest absolute Gasteiger partial charge is 0.230 e. The molecule has 0 radical (unpaired) electrons. The molecule has 0 amide bonds. The van der Waals surface area contributed by atoms with Crippen LogP contribution in [0.2, 0.25) is 0 Å². The molecule has 0 unspecified atom stereocenters. The maximum Gasteiger partial charge on any atom is 0.230 e. The van der Waals surface area contributed by atoms with E-state index >= 15 is 0 Å². The molecule has 2 aromatic heterocycles. The highest BCUT2D eigenvalue weighted by Crippen LogP contribution is 2.33. The minimum absolute atomic E-state index is 0.435. The van der Waals surface area contributed by atoms with Crippen LogP contribution in [0.4, 0.5) is 0 Å². The van der Waals surface area contributed by atoms with Crippen LogP contribution in [0.1, 0.15) is 43.9 Å². The van der Waals surface area contributed by atoms with Gasteiger partial charge in [0.25, 0.3) is 0 Å². The molecular weight excluding hydrogens is 288 g/mol. The largest absolute Gasteiger partial charge is 0.339 e. The summed E-state index contributed by atoms with van der Waals surface area (Å²) in [7, 11) is 1.94. The Balaban J connectivity index is 1.63. The second-order valence-corrected chi connectivity index (χ2v) is 6.21. The van der Waals surface area contributed by atoms with E-state index in [9.17, 15) is 0 Å². The Labute approximate surface area is 135 Å². The van der Waals surface area contributed by atoms with Gasteiger partial charge >= 0.3 is 0 Å². The topological polar surface area (TPSA) is 56.7 Å². The minimum atomic E-state index is 0.435. The van der Waals surface area contributed by atoms with Crippen LogP contribution < -0.4 is 0 Å². The van der Waals surface area contributed by atoms with E-state index in [2.05, 4.69) is 27.4 Å². The van der Waals surface area contributed by atoms with Crippen molar-refractivity contribution in [3.05, 3.63) is 42.4 Å². The molecule has 5 heteroatoms. The third-order valence-corrected chi connectivity index (χ3v) is 4.63. The number of benzene rings is 1. The van der Waals surface area contributed by atoms with Gasteiger partial charge in [0.2, 0.25) is 11.7 Å². The summed E-state index contributed by atoms with van der Waals surface area (Å²) in [6.07, 6.45) is 7.98. The molecule has 0 aliphatic heterocycles. The van der Waals surface area contributed by atoms with E-state index in [4.69, 9.17) is 4.52 Å². The van der Waals surface area contributed by atoms with Crippen molar-refractivity contribution in [3.8, 4) is 22.6 Å². The lowest BCUT2D eigenvalue weighted by Gasteiger charge is -2.17. The average Bonchev–Trinajstić information content (AvgIpc) is 3.25. The predicted octanol–water partition coefficient (Wildman–Crippen LogP) is 4.18. The van der Waals surface area contributed by atoms with Gasteiger partial charge in [0.15, 0.2) is 0 Å². The maximum absolute atomic E-state index is 5.53. The summed E-state index contributed by atoms with van der Waals surface area (Å²) >= 11 is 0. The Morgan fingerprint density at radius 3 is 2.70 bits per heavy atom. The second kappa shape index (κ2) is 5.99. The van der Waals surface area contributed by atoms with E-state index in [0.29, 0.717) is 11.7 Å². The number of rotatable bonds is 3. The number of nitrogens with zero attached hydrogens (tertiary/aromatic N) is 4. The summed E-state index contributed by atoms with van der Waals surface area (Å²) in [5.74, 6) is 1.91. The Kier molecular flexibility index (Phi) is 3.69. The zero-order valence-corrected chi connectivity index (χ0v) is 13.3. The molecule has 2 heterocycles. The first-order valence-corrected chi connectivity index (χ1v) is 8.24. The lowest BCUT2D eigenvalue weighted by atomic mass is 9.89. The number of aryl methyl sites for hydroxylation is 1. The number of hydrogen-bond acceptors (Lipinski definition) is 4. The van der Waals surface area contributed by atoms with E-state index in [0.717, 1.165) is 35.6 Å². The fraction of sp³-hybridized carbons (Fsp3) is 0.389. The van der Waals surface area contributed by atoms with Crippen molar-refractivity contribution in [2.75, 3.05) is 0 Å². The van der Waals surface area contributed by atoms with Gasteiger partial charge in [-0.05, 0) is 25.0 Å². The van der Waals surface area contributed by atoms with Gasteiger partial charge in [0, 0.05) is 30.3 Å². The fourth-order valence-electron chi connectivity index (χ4n) is 3.34. The third-order valence-electron chi connectivity index (χ3n) is 4.63. The number of hydrogen-bond donors (Lipinski definition) is 0. The van der Waals surface area contributed by atoms with Crippen LogP contribution >= 0.6 is 0 Å². The molecule has 1 fully saturated rings. The van der Waals surface area contributed by atoms with E-state index in [-0.39, 0.29) is 0 Å². The molecule has 1 aliphatic carbocycles. The van der Waals surface area contributed by atoms with Gasteiger partial charge in [-0.2, -0.15) is 10.1 Å². The van der Waals surface area contributed by atoms with Crippen molar-refractivity contribution in [3.63, 3.8) is 0 Å². The summed E-state index contributed by atoms with van der Waals surface area (Å²) in [6.45, 7) is 0. The summed E-state index contributed by atoms with van der Waals surface area (Å²) < 4.78 is 7.40. The molecule has 3 aromatic rings. The third kappa shape index (κ3) is 2.79. The predicted molar refractivity (Wildman–Crippen MR) is 87.8 cm³/mol. The summed E-state index contributed by atoms with van der Waals surface area (Å²) in [4.78, 5) is 4.65. The molecule has 0 spiro atoms. The molecule has 0 atom stereocenters. The molecule has 118 valence electrons. The van der Waals surface area contributed by atoms with Crippen LogP contribution in [0.25, 0.3) is 22.6 Å². The highest BCUT2D eigenvalue weighted by Gasteiger charge is 2.22. The normalized spacial score (nSPS) is 15.9. The van der Waals surface area contributed by atoms with Crippen molar-refractivity contribution in [2.24, 2.45) is 7.05 Å². The van der Waals surface area contributed by atoms with Crippen molar-refractivity contribution < 1.29 is 4.52 Å². The zero-order chi connectivity index (χ0) is 15.6. The Morgan fingerprint density at radius 2 is 1.91 bits per heavy atom. The van der Waals surface area contributed by atoms with Gasteiger partial charge < -0.3 is 4.52 Å². The maximum atomic E-state index is 5.53. The van der Waals surface area contributed by atoms with Crippen molar-refractivity contribution in [2.45, 2.75) is 38.0 Å². The molecule has 23 heavy (non-hydrogen) atoms. The SMILES string of the molecule is Cn1nccc1-c1cccc(-c2noc(C3CCCCC3)n2)c1. The lowest BCUT2D eigenvalue weighted by Crippen LogP contribution is -2.04. The Morgan fingerprint density at radius 1 is 1.09 bits per heavy atom. The van der Waals surface area contributed by atoms with Gasteiger partial charge in [-0.3, -0.25) is 4.68 Å². The van der Waals surface area contributed by atoms with Crippen molar-refractivity contribution >= 4 is 0 Å². The molecule has 0 bridgehead atoms. The Bertz CT molecular complexity index is 799.